The number of carbonyl (C=O) groups is 1. The minimum Gasteiger partial charge on any atom is -0.478 e. The Balaban J connectivity index is 2.05. The smallest absolute Gasteiger partial charge is 0.328 e. The van der Waals surface area contributed by atoms with E-state index in [1.807, 2.05) is 12.1 Å². The molecule has 0 spiro atoms. The van der Waals surface area contributed by atoms with Crippen LogP contribution in [-0.2, 0) is 11.3 Å². The zero-order valence-corrected chi connectivity index (χ0v) is 12.2. The first kappa shape index (κ1) is 14.8. The number of aliphatic carboxylic acids is 1. The van der Waals surface area contributed by atoms with E-state index < -0.39 is 5.97 Å². The molecule has 1 saturated heterocycles. The van der Waals surface area contributed by atoms with Gasteiger partial charge in [0.1, 0.15) is 0 Å². The fraction of sp³-hybridized carbons (Fsp3) is 0.471. The number of hydrogen-bond donors (Lipinski definition) is 1. The number of piperidine rings is 1. The summed E-state index contributed by atoms with van der Waals surface area (Å²) in [6.45, 7) is 6.70. The Kier molecular flexibility index (Phi) is 4.96. The summed E-state index contributed by atoms with van der Waals surface area (Å²) in [5, 5.41) is 8.67. The summed E-state index contributed by atoms with van der Waals surface area (Å²) in [6, 6.07) is 8.75. The van der Waals surface area contributed by atoms with E-state index in [0.717, 1.165) is 24.6 Å². The number of benzene rings is 1. The molecule has 108 valence electrons. The lowest BCUT2D eigenvalue weighted by molar-refractivity contribution is -0.131. The summed E-state index contributed by atoms with van der Waals surface area (Å²) in [4.78, 5) is 13.1. The van der Waals surface area contributed by atoms with Crippen molar-refractivity contribution in [3.05, 3.63) is 41.5 Å². The highest BCUT2D eigenvalue weighted by Crippen LogP contribution is 2.23. The zero-order chi connectivity index (χ0) is 14.5. The number of nitrogens with zero attached hydrogens (tertiary/aromatic N) is 1. The lowest BCUT2D eigenvalue weighted by Gasteiger charge is -2.36. The molecule has 2 atom stereocenters. The van der Waals surface area contributed by atoms with E-state index in [4.69, 9.17) is 5.11 Å². The van der Waals surface area contributed by atoms with Gasteiger partial charge in [-0.2, -0.15) is 0 Å². The Hall–Kier alpha value is -1.61. The Morgan fingerprint density at radius 3 is 2.95 bits per heavy atom. The minimum atomic E-state index is -0.908. The number of likely N-dealkylation sites (tertiary alicyclic amines) is 1. The van der Waals surface area contributed by atoms with Gasteiger partial charge in [-0.1, -0.05) is 31.2 Å². The largest absolute Gasteiger partial charge is 0.478 e. The van der Waals surface area contributed by atoms with E-state index in [1.165, 1.54) is 24.5 Å². The highest BCUT2D eigenvalue weighted by Gasteiger charge is 2.22. The molecular formula is C17H23NO2. The first-order valence-corrected chi connectivity index (χ1v) is 7.28. The van der Waals surface area contributed by atoms with Crippen molar-refractivity contribution < 1.29 is 9.90 Å². The van der Waals surface area contributed by atoms with E-state index in [-0.39, 0.29) is 0 Å². The average Bonchev–Trinajstić information content (AvgIpc) is 2.41. The van der Waals surface area contributed by atoms with Crippen LogP contribution in [0.25, 0.3) is 6.08 Å². The van der Waals surface area contributed by atoms with E-state index in [0.29, 0.717) is 6.04 Å². The molecule has 2 unspecified atom stereocenters. The monoisotopic (exact) mass is 273 g/mol. The van der Waals surface area contributed by atoms with Gasteiger partial charge in [0, 0.05) is 25.2 Å². The van der Waals surface area contributed by atoms with Crippen molar-refractivity contribution in [2.75, 3.05) is 6.54 Å². The second kappa shape index (κ2) is 6.71. The molecule has 1 heterocycles. The Labute approximate surface area is 120 Å². The number of carboxylic acid groups (broad SMARTS) is 1. The summed E-state index contributed by atoms with van der Waals surface area (Å²) < 4.78 is 0. The standard InChI is InChI=1S/C17H23NO2/c1-13-6-7-14(2)18(11-13)12-16-5-3-4-15(10-16)8-9-17(19)20/h3-5,8-10,13-14H,6-7,11-12H2,1-2H3,(H,19,20). The van der Waals surface area contributed by atoms with Crippen LogP contribution < -0.4 is 0 Å². The van der Waals surface area contributed by atoms with Crippen molar-refractivity contribution in [2.45, 2.75) is 39.3 Å². The zero-order valence-electron chi connectivity index (χ0n) is 12.2. The summed E-state index contributed by atoms with van der Waals surface area (Å²) in [6.07, 6.45) is 5.41. The Morgan fingerprint density at radius 1 is 1.40 bits per heavy atom. The molecule has 1 aliphatic heterocycles. The maximum atomic E-state index is 10.6. The molecule has 1 fully saturated rings. The van der Waals surface area contributed by atoms with Crippen LogP contribution >= 0.6 is 0 Å². The van der Waals surface area contributed by atoms with Gasteiger partial charge in [-0.05, 0) is 42.9 Å². The average molecular weight is 273 g/mol. The summed E-state index contributed by atoms with van der Waals surface area (Å²) in [5.74, 6) is -0.143. The van der Waals surface area contributed by atoms with Crippen molar-refractivity contribution >= 4 is 12.0 Å². The van der Waals surface area contributed by atoms with E-state index in [1.54, 1.807) is 6.08 Å². The SMILES string of the molecule is CC1CCC(C)N(Cc2cccc(C=CC(=O)O)c2)C1. The van der Waals surface area contributed by atoms with Gasteiger partial charge in [-0.3, -0.25) is 4.90 Å². The van der Waals surface area contributed by atoms with Gasteiger partial charge in [0.25, 0.3) is 0 Å². The maximum absolute atomic E-state index is 10.6. The number of carboxylic acids is 1. The van der Waals surface area contributed by atoms with Crippen LogP contribution in [-0.4, -0.2) is 28.6 Å². The van der Waals surface area contributed by atoms with Gasteiger partial charge in [0.05, 0.1) is 0 Å². The van der Waals surface area contributed by atoms with E-state index in [9.17, 15) is 4.79 Å². The molecule has 2 rings (SSSR count). The number of hydrogen-bond acceptors (Lipinski definition) is 2. The molecule has 3 nitrogen and oxygen atoms in total. The molecule has 0 radical (unpaired) electrons. The quantitative estimate of drug-likeness (QED) is 0.855. The highest BCUT2D eigenvalue weighted by molar-refractivity contribution is 5.85. The van der Waals surface area contributed by atoms with Gasteiger partial charge >= 0.3 is 5.97 Å². The molecule has 1 aromatic rings. The summed E-state index contributed by atoms with van der Waals surface area (Å²) >= 11 is 0. The molecule has 0 aliphatic carbocycles. The Morgan fingerprint density at radius 2 is 2.20 bits per heavy atom. The Bertz CT molecular complexity index is 496. The predicted molar refractivity (Wildman–Crippen MR) is 81.4 cm³/mol. The lowest BCUT2D eigenvalue weighted by Crippen LogP contribution is -2.40. The van der Waals surface area contributed by atoms with E-state index >= 15 is 0 Å². The second-order valence-corrected chi connectivity index (χ2v) is 5.88. The van der Waals surface area contributed by atoms with Crippen LogP contribution in [0.5, 0.6) is 0 Å². The molecule has 3 heteroatoms. The van der Waals surface area contributed by atoms with Crippen molar-refractivity contribution in [2.24, 2.45) is 5.92 Å². The van der Waals surface area contributed by atoms with Crippen LogP contribution in [0, 0.1) is 5.92 Å². The van der Waals surface area contributed by atoms with Crippen molar-refractivity contribution in [1.29, 1.82) is 0 Å². The molecule has 0 amide bonds. The van der Waals surface area contributed by atoms with Gasteiger partial charge in [0.2, 0.25) is 0 Å². The van der Waals surface area contributed by atoms with Gasteiger partial charge in [-0.25, -0.2) is 4.79 Å². The van der Waals surface area contributed by atoms with Crippen molar-refractivity contribution in [1.82, 2.24) is 4.90 Å². The van der Waals surface area contributed by atoms with Gasteiger partial charge in [-0.15, -0.1) is 0 Å². The normalized spacial score (nSPS) is 24.1. The van der Waals surface area contributed by atoms with Crippen LogP contribution in [0.2, 0.25) is 0 Å². The lowest BCUT2D eigenvalue weighted by atomic mass is 9.94. The van der Waals surface area contributed by atoms with Crippen LogP contribution in [0.15, 0.2) is 30.3 Å². The summed E-state index contributed by atoms with van der Waals surface area (Å²) in [7, 11) is 0. The van der Waals surface area contributed by atoms with E-state index in [2.05, 4.69) is 30.9 Å². The first-order chi connectivity index (χ1) is 9.54. The molecule has 1 aliphatic rings. The second-order valence-electron chi connectivity index (χ2n) is 5.88. The third kappa shape index (κ3) is 4.20. The fourth-order valence-electron chi connectivity index (χ4n) is 2.80. The van der Waals surface area contributed by atoms with Crippen LogP contribution in [0.3, 0.4) is 0 Å². The molecule has 0 aromatic heterocycles. The summed E-state index contributed by atoms with van der Waals surface area (Å²) in [5.41, 5.74) is 2.20. The molecule has 20 heavy (non-hydrogen) atoms. The van der Waals surface area contributed by atoms with Crippen molar-refractivity contribution in [3.8, 4) is 0 Å². The third-order valence-corrected chi connectivity index (χ3v) is 4.00. The fourth-order valence-corrected chi connectivity index (χ4v) is 2.80. The van der Waals surface area contributed by atoms with Crippen LogP contribution in [0.1, 0.15) is 37.8 Å². The molecule has 0 saturated carbocycles. The van der Waals surface area contributed by atoms with Crippen LogP contribution in [0.4, 0.5) is 0 Å². The molecule has 1 aromatic carbocycles. The topological polar surface area (TPSA) is 40.5 Å². The van der Waals surface area contributed by atoms with Crippen molar-refractivity contribution in [3.63, 3.8) is 0 Å². The highest BCUT2D eigenvalue weighted by atomic mass is 16.4. The predicted octanol–water partition coefficient (Wildman–Crippen LogP) is 3.40. The molecular weight excluding hydrogens is 250 g/mol. The molecule has 0 bridgehead atoms. The first-order valence-electron chi connectivity index (χ1n) is 7.28. The minimum absolute atomic E-state index is 0.629. The van der Waals surface area contributed by atoms with Gasteiger partial charge < -0.3 is 5.11 Å². The maximum Gasteiger partial charge on any atom is 0.328 e. The van der Waals surface area contributed by atoms with Gasteiger partial charge in [0.15, 0.2) is 0 Å². The third-order valence-electron chi connectivity index (χ3n) is 4.00. The number of rotatable bonds is 4. The molecule has 1 N–H and O–H groups in total.